The molecule has 1 fully saturated rings. The van der Waals surface area contributed by atoms with Crippen LogP contribution in [0.2, 0.25) is 0 Å². The zero-order chi connectivity index (χ0) is 13.8. The quantitative estimate of drug-likeness (QED) is 0.886. The summed E-state index contributed by atoms with van der Waals surface area (Å²) in [5.74, 6) is 0.387. The second-order valence-corrected chi connectivity index (χ2v) is 5.28. The lowest BCUT2D eigenvalue weighted by atomic mass is 10.1. The fourth-order valence-corrected chi connectivity index (χ4v) is 2.64. The monoisotopic (exact) mass is 266 g/mol. The molecule has 1 aliphatic heterocycles. The van der Waals surface area contributed by atoms with E-state index in [0.29, 0.717) is 11.6 Å². The van der Waals surface area contributed by atoms with Gasteiger partial charge in [0.05, 0.1) is 12.3 Å². The van der Waals surface area contributed by atoms with Gasteiger partial charge in [-0.1, -0.05) is 6.07 Å². The van der Waals surface area contributed by atoms with Crippen molar-refractivity contribution < 1.29 is 9.13 Å². The lowest BCUT2D eigenvalue weighted by Crippen LogP contribution is -2.22. The van der Waals surface area contributed by atoms with Crippen LogP contribution in [-0.4, -0.2) is 33.9 Å². The number of halogens is 1. The summed E-state index contributed by atoms with van der Waals surface area (Å²) in [5, 5.41) is 3.12. The van der Waals surface area contributed by atoms with Gasteiger partial charge in [-0.3, -0.25) is 0 Å². The Kier molecular flexibility index (Phi) is 4.77. The van der Waals surface area contributed by atoms with Crippen molar-refractivity contribution in [2.24, 2.45) is 5.92 Å². The first kappa shape index (κ1) is 14.3. The maximum atomic E-state index is 14.2. The minimum absolute atomic E-state index is 0.127. The molecule has 106 valence electrons. The van der Waals surface area contributed by atoms with Gasteiger partial charge in [0.15, 0.2) is 0 Å². The summed E-state index contributed by atoms with van der Waals surface area (Å²) in [6.07, 6.45) is 1.07. The number of ether oxygens (including phenoxy) is 1. The second kappa shape index (κ2) is 6.35. The minimum Gasteiger partial charge on any atom is -0.384 e. The number of methoxy groups -OCH3 is 1. The van der Waals surface area contributed by atoms with Gasteiger partial charge in [0.25, 0.3) is 0 Å². The molecule has 1 aromatic rings. The molecule has 0 radical (unpaired) electrons. The topological polar surface area (TPSA) is 24.5 Å². The van der Waals surface area contributed by atoms with Crippen molar-refractivity contribution in [2.45, 2.75) is 19.4 Å². The summed E-state index contributed by atoms with van der Waals surface area (Å²) in [7, 11) is 3.60. The number of hydrogen-bond acceptors (Lipinski definition) is 3. The molecule has 19 heavy (non-hydrogen) atoms. The summed E-state index contributed by atoms with van der Waals surface area (Å²) in [4.78, 5) is 2.12. The van der Waals surface area contributed by atoms with E-state index in [0.717, 1.165) is 31.7 Å². The highest BCUT2D eigenvalue weighted by molar-refractivity contribution is 5.50. The summed E-state index contributed by atoms with van der Waals surface area (Å²) in [6.45, 7) is 4.57. The molecule has 0 spiro atoms. The summed E-state index contributed by atoms with van der Waals surface area (Å²) < 4.78 is 19.4. The molecule has 0 amide bonds. The molecule has 0 saturated carbocycles. The Bertz CT molecular complexity index is 425. The minimum atomic E-state index is -0.127. The first-order valence-corrected chi connectivity index (χ1v) is 6.86. The van der Waals surface area contributed by atoms with Gasteiger partial charge in [0, 0.05) is 32.2 Å². The van der Waals surface area contributed by atoms with E-state index in [-0.39, 0.29) is 11.9 Å². The molecule has 1 N–H and O–H groups in total. The number of benzene rings is 1. The molecule has 2 atom stereocenters. The average Bonchev–Trinajstić information content (AvgIpc) is 2.86. The third kappa shape index (κ3) is 3.25. The fourth-order valence-electron chi connectivity index (χ4n) is 2.64. The lowest BCUT2D eigenvalue weighted by Gasteiger charge is -2.21. The molecule has 2 rings (SSSR count). The largest absolute Gasteiger partial charge is 0.384 e. The second-order valence-electron chi connectivity index (χ2n) is 5.28. The van der Waals surface area contributed by atoms with E-state index in [2.05, 4.69) is 10.2 Å². The van der Waals surface area contributed by atoms with Crippen molar-refractivity contribution in [1.82, 2.24) is 5.32 Å². The Labute approximate surface area is 114 Å². The standard InChI is InChI=1S/C15H23FN2O/c1-11(17-2)13-4-5-15(14(16)8-13)18-7-6-12(9-18)10-19-3/h4-5,8,11-12,17H,6-7,9-10H2,1-3H3. The molecule has 1 aliphatic rings. The Morgan fingerprint density at radius 1 is 1.53 bits per heavy atom. The van der Waals surface area contributed by atoms with Gasteiger partial charge in [-0.05, 0) is 38.1 Å². The number of rotatable bonds is 5. The molecular weight excluding hydrogens is 243 g/mol. The van der Waals surface area contributed by atoms with Crippen LogP contribution in [0, 0.1) is 11.7 Å². The molecule has 0 bridgehead atoms. The molecule has 4 heteroatoms. The van der Waals surface area contributed by atoms with E-state index in [1.165, 1.54) is 0 Å². The van der Waals surface area contributed by atoms with E-state index in [1.54, 1.807) is 13.2 Å². The maximum absolute atomic E-state index is 14.2. The molecule has 0 aliphatic carbocycles. The van der Waals surface area contributed by atoms with Gasteiger partial charge in [-0.25, -0.2) is 4.39 Å². The van der Waals surface area contributed by atoms with Gasteiger partial charge in [0.2, 0.25) is 0 Å². The fraction of sp³-hybridized carbons (Fsp3) is 0.600. The van der Waals surface area contributed by atoms with Crippen molar-refractivity contribution in [3.05, 3.63) is 29.6 Å². The van der Waals surface area contributed by atoms with Crippen molar-refractivity contribution in [3.8, 4) is 0 Å². The SMILES string of the molecule is CNC(C)c1ccc(N2CCC(COC)C2)c(F)c1. The average molecular weight is 266 g/mol. The van der Waals surface area contributed by atoms with E-state index in [1.807, 2.05) is 26.1 Å². The highest BCUT2D eigenvalue weighted by Crippen LogP contribution is 2.28. The van der Waals surface area contributed by atoms with Crippen LogP contribution in [0.15, 0.2) is 18.2 Å². The summed E-state index contributed by atoms with van der Waals surface area (Å²) in [6, 6.07) is 5.71. The number of nitrogens with zero attached hydrogens (tertiary/aromatic N) is 1. The van der Waals surface area contributed by atoms with Gasteiger partial charge in [-0.15, -0.1) is 0 Å². The van der Waals surface area contributed by atoms with Crippen LogP contribution in [-0.2, 0) is 4.74 Å². The molecule has 3 nitrogen and oxygen atoms in total. The first-order chi connectivity index (χ1) is 9.15. The van der Waals surface area contributed by atoms with Crippen molar-refractivity contribution in [3.63, 3.8) is 0 Å². The van der Waals surface area contributed by atoms with Crippen LogP contribution < -0.4 is 10.2 Å². The molecular formula is C15H23FN2O. The molecule has 1 heterocycles. The van der Waals surface area contributed by atoms with Crippen molar-refractivity contribution in [1.29, 1.82) is 0 Å². The van der Waals surface area contributed by atoms with Crippen LogP contribution in [0.3, 0.4) is 0 Å². The van der Waals surface area contributed by atoms with E-state index < -0.39 is 0 Å². The lowest BCUT2D eigenvalue weighted by molar-refractivity contribution is 0.161. The van der Waals surface area contributed by atoms with E-state index in [9.17, 15) is 4.39 Å². The zero-order valence-corrected chi connectivity index (χ0v) is 11.9. The van der Waals surface area contributed by atoms with Crippen LogP contribution >= 0.6 is 0 Å². The van der Waals surface area contributed by atoms with Crippen LogP contribution in [0.4, 0.5) is 10.1 Å². The van der Waals surface area contributed by atoms with Gasteiger partial charge in [-0.2, -0.15) is 0 Å². The summed E-state index contributed by atoms with van der Waals surface area (Å²) in [5.41, 5.74) is 1.70. The Morgan fingerprint density at radius 3 is 2.95 bits per heavy atom. The third-order valence-electron chi connectivity index (χ3n) is 3.93. The Morgan fingerprint density at radius 2 is 2.32 bits per heavy atom. The predicted octanol–water partition coefficient (Wildman–Crippen LogP) is 2.58. The Balaban J connectivity index is 2.09. The molecule has 1 saturated heterocycles. The zero-order valence-electron chi connectivity index (χ0n) is 11.9. The Hall–Kier alpha value is -1.13. The van der Waals surface area contributed by atoms with Crippen molar-refractivity contribution >= 4 is 5.69 Å². The van der Waals surface area contributed by atoms with Gasteiger partial charge >= 0.3 is 0 Å². The third-order valence-corrected chi connectivity index (χ3v) is 3.93. The highest BCUT2D eigenvalue weighted by Gasteiger charge is 2.24. The van der Waals surface area contributed by atoms with E-state index in [4.69, 9.17) is 4.74 Å². The number of hydrogen-bond donors (Lipinski definition) is 1. The number of anilines is 1. The van der Waals surface area contributed by atoms with Crippen LogP contribution in [0.5, 0.6) is 0 Å². The van der Waals surface area contributed by atoms with Crippen LogP contribution in [0.25, 0.3) is 0 Å². The van der Waals surface area contributed by atoms with Crippen molar-refractivity contribution in [2.75, 3.05) is 38.8 Å². The number of nitrogens with one attached hydrogen (secondary N) is 1. The highest BCUT2D eigenvalue weighted by atomic mass is 19.1. The summed E-state index contributed by atoms with van der Waals surface area (Å²) >= 11 is 0. The first-order valence-electron chi connectivity index (χ1n) is 6.86. The maximum Gasteiger partial charge on any atom is 0.146 e. The molecule has 2 unspecified atom stereocenters. The predicted molar refractivity (Wildman–Crippen MR) is 76.1 cm³/mol. The molecule has 1 aromatic carbocycles. The molecule has 0 aromatic heterocycles. The van der Waals surface area contributed by atoms with Gasteiger partial charge < -0.3 is 15.0 Å². The van der Waals surface area contributed by atoms with Gasteiger partial charge in [0.1, 0.15) is 5.82 Å². The normalized spacial score (nSPS) is 20.8. The van der Waals surface area contributed by atoms with Crippen LogP contribution in [0.1, 0.15) is 24.9 Å². The van der Waals surface area contributed by atoms with E-state index >= 15 is 0 Å². The smallest absolute Gasteiger partial charge is 0.146 e.